The van der Waals surface area contributed by atoms with Crippen LogP contribution in [-0.2, 0) is 0 Å². The molecule has 0 saturated carbocycles. The van der Waals surface area contributed by atoms with Gasteiger partial charge in [0.2, 0.25) is 0 Å². The molecule has 17 heavy (non-hydrogen) atoms. The third-order valence-electron chi connectivity index (χ3n) is 4.00. The highest BCUT2D eigenvalue weighted by Gasteiger charge is 2.50. The summed E-state index contributed by atoms with van der Waals surface area (Å²) in [5.74, 6) is 0.772. The van der Waals surface area contributed by atoms with Crippen LogP contribution in [0.15, 0.2) is 11.6 Å². The Kier molecular flexibility index (Phi) is 2.84. The number of anilines is 1. The van der Waals surface area contributed by atoms with Crippen LogP contribution in [0.25, 0.3) is 0 Å². The number of nitrogens with one attached hydrogen (secondary N) is 1. The van der Waals surface area contributed by atoms with Gasteiger partial charge in [0.1, 0.15) is 0 Å². The summed E-state index contributed by atoms with van der Waals surface area (Å²) in [6.07, 6.45) is 1.91. The first-order valence-electron chi connectivity index (χ1n) is 6.19. The highest BCUT2D eigenvalue weighted by atomic mass is 32.1. The van der Waals surface area contributed by atoms with E-state index in [9.17, 15) is 0 Å². The molecule has 1 N–H and O–H groups in total. The summed E-state index contributed by atoms with van der Waals surface area (Å²) in [5, 5.41) is 6.83. The lowest BCUT2D eigenvalue weighted by molar-refractivity contribution is 0.205. The zero-order chi connectivity index (χ0) is 11.9. The first kappa shape index (κ1) is 11.4. The molecule has 0 spiro atoms. The van der Waals surface area contributed by atoms with Gasteiger partial charge in [0.05, 0.1) is 0 Å². The Morgan fingerprint density at radius 1 is 1.65 bits per heavy atom. The lowest BCUT2D eigenvalue weighted by Crippen LogP contribution is -2.41. The molecule has 3 heterocycles. The van der Waals surface area contributed by atoms with Gasteiger partial charge in [0.25, 0.3) is 0 Å². The molecule has 4 nitrogen and oxygen atoms in total. The minimum absolute atomic E-state index is 0.426. The summed E-state index contributed by atoms with van der Waals surface area (Å²) in [6, 6.07) is 0. The van der Waals surface area contributed by atoms with Gasteiger partial charge in [-0.25, -0.2) is 4.98 Å². The second-order valence-electron chi connectivity index (χ2n) is 5.62. The normalized spacial score (nSPS) is 32.4. The molecular formula is C12H20N4S. The molecule has 94 valence electrons. The van der Waals surface area contributed by atoms with Crippen LogP contribution in [0.3, 0.4) is 0 Å². The van der Waals surface area contributed by atoms with Crippen molar-refractivity contribution < 1.29 is 0 Å². The number of hydrogen-bond acceptors (Lipinski definition) is 5. The van der Waals surface area contributed by atoms with Crippen molar-refractivity contribution in [3.63, 3.8) is 0 Å². The van der Waals surface area contributed by atoms with Gasteiger partial charge in [0, 0.05) is 49.7 Å². The number of rotatable bonds is 3. The molecule has 2 atom stereocenters. The van der Waals surface area contributed by atoms with Crippen molar-refractivity contribution in [1.29, 1.82) is 0 Å². The van der Waals surface area contributed by atoms with Crippen LogP contribution in [0.4, 0.5) is 5.13 Å². The smallest absolute Gasteiger partial charge is 0.185 e. The van der Waals surface area contributed by atoms with E-state index < -0.39 is 0 Å². The van der Waals surface area contributed by atoms with E-state index in [1.54, 1.807) is 11.3 Å². The Hall–Kier alpha value is -0.650. The molecule has 0 radical (unpaired) electrons. The quantitative estimate of drug-likeness (QED) is 0.859. The number of nitrogens with zero attached hydrogens (tertiary/aromatic N) is 3. The minimum atomic E-state index is 0.426. The summed E-state index contributed by atoms with van der Waals surface area (Å²) in [5.41, 5.74) is 0.426. The fourth-order valence-corrected chi connectivity index (χ4v) is 4.05. The molecule has 0 amide bonds. The van der Waals surface area contributed by atoms with Crippen molar-refractivity contribution in [2.45, 2.75) is 0 Å². The highest BCUT2D eigenvalue weighted by molar-refractivity contribution is 7.13. The monoisotopic (exact) mass is 252 g/mol. The molecule has 2 saturated heterocycles. The van der Waals surface area contributed by atoms with Crippen LogP contribution < -0.4 is 10.2 Å². The summed E-state index contributed by atoms with van der Waals surface area (Å²) in [7, 11) is 4.35. The molecule has 3 rings (SSSR count). The summed E-state index contributed by atoms with van der Waals surface area (Å²) < 4.78 is 0. The van der Waals surface area contributed by atoms with Crippen LogP contribution in [0.1, 0.15) is 0 Å². The second kappa shape index (κ2) is 4.23. The van der Waals surface area contributed by atoms with Crippen LogP contribution in [-0.4, -0.2) is 56.7 Å². The van der Waals surface area contributed by atoms with E-state index in [1.807, 2.05) is 6.20 Å². The maximum Gasteiger partial charge on any atom is 0.185 e. The molecule has 2 unspecified atom stereocenters. The fourth-order valence-electron chi connectivity index (χ4n) is 3.39. The zero-order valence-corrected chi connectivity index (χ0v) is 11.3. The van der Waals surface area contributed by atoms with E-state index in [0.717, 1.165) is 32.1 Å². The van der Waals surface area contributed by atoms with Gasteiger partial charge < -0.3 is 15.1 Å². The molecule has 1 aromatic heterocycles. The molecule has 2 fully saturated rings. The van der Waals surface area contributed by atoms with Crippen molar-refractivity contribution in [2.24, 2.45) is 11.3 Å². The first-order valence-corrected chi connectivity index (χ1v) is 7.07. The maximum absolute atomic E-state index is 4.45. The van der Waals surface area contributed by atoms with Gasteiger partial charge in [-0.1, -0.05) is 0 Å². The topological polar surface area (TPSA) is 31.4 Å². The summed E-state index contributed by atoms with van der Waals surface area (Å²) in [4.78, 5) is 9.24. The molecule has 0 aliphatic carbocycles. The van der Waals surface area contributed by atoms with E-state index >= 15 is 0 Å². The lowest BCUT2D eigenvalue weighted by atomic mass is 9.80. The minimum Gasteiger partial charge on any atom is -0.347 e. The van der Waals surface area contributed by atoms with Crippen LogP contribution in [0.2, 0.25) is 0 Å². The van der Waals surface area contributed by atoms with E-state index in [-0.39, 0.29) is 0 Å². The molecule has 5 heteroatoms. The van der Waals surface area contributed by atoms with E-state index in [0.29, 0.717) is 5.41 Å². The van der Waals surface area contributed by atoms with Crippen LogP contribution >= 0.6 is 11.3 Å². The van der Waals surface area contributed by atoms with Crippen LogP contribution in [0.5, 0.6) is 0 Å². The van der Waals surface area contributed by atoms with Gasteiger partial charge in [0.15, 0.2) is 5.13 Å². The van der Waals surface area contributed by atoms with Gasteiger partial charge in [-0.2, -0.15) is 0 Å². The largest absolute Gasteiger partial charge is 0.347 e. The van der Waals surface area contributed by atoms with Crippen molar-refractivity contribution >= 4 is 16.5 Å². The Labute approximate surface area is 107 Å². The third kappa shape index (κ3) is 1.96. The molecule has 2 aliphatic rings. The Morgan fingerprint density at radius 3 is 3.24 bits per heavy atom. The van der Waals surface area contributed by atoms with Crippen molar-refractivity contribution in [2.75, 3.05) is 51.7 Å². The van der Waals surface area contributed by atoms with Gasteiger partial charge >= 0.3 is 0 Å². The lowest BCUT2D eigenvalue weighted by Gasteiger charge is -2.31. The fraction of sp³-hybridized carbons (Fsp3) is 0.750. The van der Waals surface area contributed by atoms with E-state index in [1.165, 1.54) is 11.7 Å². The Bertz CT molecular complexity index is 378. The van der Waals surface area contributed by atoms with Gasteiger partial charge in [-0.15, -0.1) is 11.3 Å². The van der Waals surface area contributed by atoms with E-state index in [2.05, 4.69) is 39.6 Å². The number of aromatic nitrogens is 1. The van der Waals surface area contributed by atoms with Gasteiger partial charge in [-0.3, -0.25) is 0 Å². The SMILES string of the molecule is CN(C)CC12CNCC1CN(c1nccs1)C2. The predicted octanol–water partition coefficient (Wildman–Crippen LogP) is 0.730. The van der Waals surface area contributed by atoms with Crippen molar-refractivity contribution in [1.82, 2.24) is 15.2 Å². The maximum atomic E-state index is 4.45. The first-order chi connectivity index (χ1) is 8.20. The number of fused-ring (bicyclic) bond motifs is 1. The predicted molar refractivity (Wildman–Crippen MR) is 71.7 cm³/mol. The molecule has 2 aliphatic heterocycles. The van der Waals surface area contributed by atoms with Crippen LogP contribution in [0, 0.1) is 11.3 Å². The standard InChI is InChI=1S/C12H20N4S/c1-15(2)8-12-7-13-5-10(12)6-16(9-12)11-14-3-4-17-11/h3-4,10,13H,5-9H2,1-2H3. The van der Waals surface area contributed by atoms with Gasteiger partial charge in [-0.05, 0) is 20.0 Å². The summed E-state index contributed by atoms with van der Waals surface area (Å²) >= 11 is 1.76. The van der Waals surface area contributed by atoms with Crippen molar-refractivity contribution in [3.8, 4) is 0 Å². The van der Waals surface area contributed by atoms with Crippen molar-refractivity contribution in [3.05, 3.63) is 11.6 Å². The Balaban J connectivity index is 1.79. The highest BCUT2D eigenvalue weighted by Crippen LogP contribution is 2.41. The third-order valence-corrected chi connectivity index (χ3v) is 4.83. The summed E-state index contributed by atoms with van der Waals surface area (Å²) in [6.45, 7) is 5.80. The second-order valence-corrected chi connectivity index (χ2v) is 6.50. The molecule has 0 bridgehead atoms. The molecule has 1 aromatic rings. The number of hydrogen-bond donors (Lipinski definition) is 1. The molecular weight excluding hydrogens is 232 g/mol. The van der Waals surface area contributed by atoms with E-state index in [4.69, 9.17) is 0 Å². The number of thiazole rings is 1. The average Bonchev–Trinajstić information content (AvgIpc) is 2.87. The average molecular weight is 252 g/mol. The zero-order valence-electron chi connectivity index (χ0n) is 10.5. The molecule has 0 aromatic carbocycles. The Morgan fingerprint density at radius 2 is 2.53 bits per heavy atom.